The lowest BCUT2D eigenvalue weighted by Gasteiger charge is -2.13. The van der Waals surface area contributed by atoms with Gasteiger partial charge in [0.05, 0.1) is 0 Å². The molecule has 0 heterocycles. The zero-order valence-corrected chi connectivity index (χ0v) is 13.4. The maximum atomic E-state index is 12.4. The van der Waals surface area contributed by atoms with Crippen molar-refractivity contribution in [2.45, 2.75) is 20.1 Å². The number of aliphatic hydroxyl groups excluding tert-OH is 1. The van der Waals surface area contributed by atoms with Crippen LogP contribution in [0.4, 0.5) is 5.69 Å². The van der Waals surface area contributed by atoms with Gasteiger partial charge in [0.1, 0.15) is 6.23 Å². The van der Waals surface area contributed by atoms with E-state index in [0.717, 1.165) is 11.3 Å². The third-order valence-electron chi connectivity index (χ3n) is 3.27. The van der Waals surface area contributed by atoms with Crippen molar-refractivity contribution in [2.75, 3.05) is 19.0 Å². The molecule has 1 unspecified atom stereocenters. The van der Waals surface area contributed by atoms with Gasteiger partial charge in [0.25, 0.3) is 0 Å². The Morgan fingerprint density at radius 3 is 2.36 bits per heavy atom. The maximum Gasteiger partial charge on any atom is 0.169 e. The first-order valence-corrected chi connectivity index (χ1v) is 7.11. The van der Waals surface area contributed by atoms with Crippen molar-refractivity contribution < 1.29 is 15.1 Å². The molecule has 1 aromatic carbocycles. The molecule has 0 bridgehead atoms. The lowest BCUT2D eigenvalue weighted by atomic mass is 9.97. The average Bonchev–Trinajstić information content (AvgIpc) is 2.51. The molecule has 120 valence electrons. The molecule has 1 rings (SSSR count). The number of Topliss-reactive ketones (excluding diaryl/α,β-unsaturated/α-hetero) is 1. The number of carbonyl (C=O) groups excluding carboxylic acids is 1. The summed E-state index contributed by atoms with van der Waals surface area (Å²) in [6.07, 6.45) is 3.75. The van der Waals surface area contributed by atoms with Gasteiger partial charge in [0, 0.05) is 31.3 Å². The average molecular weight is 304 g/mol. The quantitative estimate of drug-likeness (QED) is 0.312. The van der Waals surface area contributed by atoms with Gasteiger partial charge < -0.3 is 15.2 Å². The number of anilines is 1. The van der Waals surface area contributed by atoms with E-state index in [1.54, 1.807) is 11.6 Å². The number of hydrogen-bond acceptors (Lipinski definition) is 5. The van der Waals surface area contributed by atoms with Gasteiger partial charge >= 0.3 is 0 Å². The van der Waals surface area contributed by atoms with E-state index in [9.17, 15) is 4.79 Å². The van der Waals surface area contributed by atoms with Crippen molar-refractivity contribution in [1.29, 1.82) is 0 Å². The number of benzene rings is 1. The molecule has 0 aromatic heterocycles. The highest BCUT2D eigenvalue weighted by molar-refractivity contribution is 5.99. The summed E-state index contributed by atoms with van der Waals surface area (Å²) in [6, 6.07) is 7.48. The zero-order chi connectivity index (χ0) is 16.7. The minimum Gasteiger partial charge on any atom is -0.378 e. The molecule has 2 atom stereocenters. The second-order valence-electron chi connectivity index (χ2n) is 5.44. The normalized spacial score (nSPS) is 14.9. The molecule has 0 radical (unpaired) electrons. The molecule has 3 N–H and O–H groups in total. The number of nitrogens with zero attached hydrogens (tertiary/aromatic N) is 1. The van der Waals surface area contributed by atoms with Crippen molar-refractivity contribution in [1.82, 2.24) is 5.48 Å². The van der Waals surface area contributed by atoms with Gasteiger partial charge in [-0.3, -0.25) is 4.79 Å². The van der Waals surface area contributed by atoms with Crippen LogP contribution in [0.3, 0.4) is 0 Å². The summed E-state index contributed by atoms with van der Waals surface area (Å²) in [4.78, 5) is 14.4. The summed E-state index contributed by atoms with van der Waals surface area (Å²) >= 11 is 0. The Kier molecular flexibility index (Phi) is 6.98. The van der Waals surface area contributed by atoms with E-state index >= 15 is 0 Å². The highest BCUT2D eigenvalue weighted by Crippen LogP contribution is 2.17. The van der Waals surface area contributed by atoms with Crippen molar-refractivity contribution >= 4 is 11.5 Å². The van der Waals surface area contributed by atoms with Gasteiger partial charge in [-0.25, -0.2) is 0 Å². The summed E-state index contributed by atoms with van der Waals surface area (Å²) in [5.74, 6) is -0.229. The topological polar surface area (TPSA) is 72.8 Å². The van der Waals surface area contributed by atoms with Crippen molar-refractivity contribution in [3.63, 3.8) is 0 Å². The van der Waals surface area contributed by atoms with Crippen LogP contribution in [0, 0.1) is 5.92 Å². The Labute approximate surface area is 131 Å². The first-order valence-electron chi connectivity index (χ1n) is 7.11. The standard InChI is InChI=1S/C17H24N2O3/c1-12(5-10-16(20)18-22)11-13(2)17(21)14-6-8-15(9-7-14)19(3)4/h5-11,13,16,18,20,22H,1-4H3/b10-5+,12-11+/t13-,16?/m1/s1. The predicted octanol–water partition coefficient (Wildman–Crippen LogP) is 2.37. The lowest BCUT2D eigenvalue weighted by Crippen LogP contribution is -2.22. The molecular formula is C17H24N2O3. The van der Waals surface area contributed by atoms with E-state index in [4.69, 9.17) is 10.3 Å². The van der Waals surface area contributed by atoms with Crippen molar-refractivity contribution in [3.05, 3.63) is 53.6 Å². The predicted molar refractivity (Wildman–Crippen MR) is 88.1 cm³/mol. The van der Waals surface area contributed by atoms with Crippen molar-refractivity contribution in [3.8, 4) is 0 Å². The first-order chi connectivity index (χ1) is 10.3. The molecule has 22 heavy (non-hydrogen) atoms. The van der Waals surface area contributed by atoms with Gasteiger partial charge in [0.2, 0.25) is 0 Å². The van der Waals surface area contributed by atoms with Crippen LogP contribution < -0.4 is 10.4 Å². The second-order valence-corrected chi connectivity index (χ2v) is 5.44. The number of aliphatic hydroxyl groups is 1. The molecule has 1 aromatic rings. The number of nitrogens with one attached hydrogen (secondary N) is 1. The lowest BCUT2D eigenvalue weighted by molar-refractivity contribution is 0.0318. The Bertz CT molecular complexity index is 548. The molecule has 0 aliphatic carbocycles. The molecule has 0 aliphatic heterocycles. The number of rotatable bonds is 7. The zero-order valence-electron chi connectivity index (χ0n) is 13.4. The maximum absolute atomic E-state index is 12.4. The van der Waals surface area contributed by atoms with Crippen LogP contribution in [-0.2, 0) is 0 Å². The molecule has 5 heteroatoms. The fourth-order valence-corrected chi connectivity index (χ4v) is 2.00. The molecule has 5 nitrogen and oxygen atoms in total. The second kappa shape index (κ2) is 8.48. The first kappa shape index (κ1) is 18.1. The third kappa shape index (κ3) is 5.44. The molecule has 0 amide bonds. The van der Waals surface area contributed by atoms with E-state index in [1.807, 2.05) is 63.2 Å². The van der Waals surface area contributed by atoms with Crippen LogP contribution in [0.1, 0.15) is 24.2 Å². The smallest absolute Gasteiger partial charge is 0.169 e. The Balaban J connectivity index is 2.77. The summed E-state index contributed by atoms with van der Waals surface area (Å²) in [7, 11) is 3.90. The van der Waals surface area contributed by atoms with Crippen LogP contribution in [0.2, 0.25) is 0 Å². The highest BCUT2D eigenvalue weighted by atomic mass is 16.5. The third-order valence-corrected chi connectivity index (χ3v) is 3.27. The summed E-state index contributed by atoms with van der Waals surface area (Å²) < 4.78 is 0. The summed E-state index contributed by atoms with van der Waals surface area (Å²) in [5.41, 5.74) is 4.26. The van der Waals surface area contributed by atoms with Crippen LogP contribution in [-0.4, -0.2) is 36.4 Å². The SMILES string of the molecule is CC(/C=C/C(O)NO)=C\[C@@H](C)C(=O)c1ccc(N(C)C)cc1. The van der Waals surface area contributed by atoms with Crippen LogP contribution in [0.15, 0.2) is 48.1 Å². The fraction of sp³-hybridized carbons (Fsp3) is 0.353. The Morgan fingerprint density at radius 1 is 1.27 bits per heavy atom. The molecule has 0 saturated carbocycles. The number of allylic oxidation sites excluding steroid dienone is 3. The van der Waals surface area contributed by atoms with E-state index < -0.39 is 6.23 Å². The summed E-state index contributed by atoms with van der Waals surface area (Å²) in [6.45, 7) is 3.67. The highest BCUT2D eigenvalue weighted by Gasteiger charge is 2.13. The Morgan fingerprint density at radius 2 is 1.86 bits per heavy atom. The largest absolute Gasteiger partial charge is 0.378 e. The minimum absolute atomic E-state index is 0.0406. The molecule has 0 aliphatic rings. The summed E-state index contributed by atoms with van der Waals surface area (Å²) in [5, 5.41) is 17.7. The van der Waals surface area contributed by atoms with Gasteiger partial charge in [0.15, 0.2) is 5.78 Å². The van der Waals surface area contributed by atoms with Gasteiger partial charge in [-0.05, 0) is 37.3 Å². The molecule has 0 saturated heterocycles. The van der Waals surface area contributed by atoms with Gasteiger partial charge in [-0.15, -0.1) is 0 Å². The van der Waals surface area contributed by atoms with Crippen molar-refractivity contribution in [2.24, 2.45) is 5.92 Å². The van der Waals surface area contributed by atoms with E-state index in [1.165, 1.54) is 6.08 Å². The monoisotopic (exact) mass is 304 g/mol. The van der Waals surface area contributed by atoms with E-state index in [0.29, 0.717) is 5.56 Å². The van der Waals surface area contributed by atoms with Gasteiger partial charge in [-0.1, -0.05) is 24.6 Å². The Hall–Kier alpha value is -1.95. The fourth-order valence-electron chi connectivity index (χ4n) is 2.00. The number of hydrogen-bond donors (Lipinski definition) is 3. The van der Waals surface area contributed by atoms with Crippen LogP contribution in [0.25, 0.3) is 0 Å². The van der Waals surface area contributed by atoms with E-state index in [-0.39, 0.29) is 11.7 Å². The van der Waals surface area contributed by atoms with E-state index in [2.05, 4.69) is 0 Å². The number of ketones is 1. The van der Waals surface area contributed by atoms with Crippen LogP contribution >= 0.6 is 0 Å². The number of carbonyl (C=O) groups is 1. The van der Waals surface area contributed by atoms with Gasteiger partial charge in [-0.2, -0.15) is 5.48 Å². The van der Waals surface area contributed by atoms with Crippen LogP contribution in [0.5, 0.6) is 0 Å². The molecule has 0 fully saturated rings. The minimum atomic E-state index is -1.12. The molecule has 0 spiro atoms. The molecular weight excluding hydrogens is 280 g/mol. The number of hydroxylamine groups is 1.